The molecule has 0 aliphatic carbocycles. The second-order valence-corrected chi connectivity index (χ2v) is 3.27. The Morgan fingerprint density at radius 3 is 2.72 bits per heavy atom. The Balaban J connectivity index is 2.33. The number of aryl methyl sites for hydroxylation is 1. The predicted octanol–water partition coefficient (Wildman–Crippen LogP) is 1.39. The van der Waals surface area contributed by atoms with Crippen molar-refractivity contribution >= 4 is 5.97 Å². The molecule has 0 aliphatic rings. The zero-order chi connectivity index (χ0) is 13.4. The van der Waals surface area contributed by atoms with E-state index < -0.39 is 11.8 Å². The fourth-order valence-electron chi connectivity index (χ4n) is 1.06. The Kier molecular flexibility index (Phi) is 5.34. The summed E-state index contributed by atoms with van der Waals surface area (Å²) < 4.78 is 14.2. The van der Waals surface area contributed by atoms with E-state index in [-0.39, 0.29) is 18.8 Å². The summed E-state index contributed by atoms with van der Waals surface area (Å²) in [7, 11) is 0. The van der Waals surface area contributed by atoms with Gasteiger partial charge in [0, 0.05) is 6.42 Å². The van der Waals surface area contributed by atoms with Crippen LogP contribution in [0.25, 0.3) is 0 Å². The molecule has 1 aromatic heterocycles. The lowest BCUT2D eigenvalue weighted by Crippen LogP contribution is -2.04. The molecule has 0 radical (unpaired) electrons. The van der Waals surface area contributed by atoms with Crippen molar-refractivity contribution in [2.45, 2.75) is 33.3 Å². The van der Waals surface area contributed by atoms with Gasteiger partial charge in [-0.3, -0.25) is 4.79 Å². The average molecular weight is 248 g/mol. The van der Waals surface area contributed by atoms with Gasteiger partial charge in [0.05, 0.1) is 6.42 Å². The van der Waals surface area contributed by atoms with Gasteiger partial charge in [-0.05, 0) is 25.7 Å². The van der Waals surface area contributed by atoms with Crippen molar-refractivity contribution in [1.82, 2.24) is 0 Å². The monoisotopic (exact) mass is 248 g/mol. The van der Waals surface area contributed by atoms with Gasteiger partial charge in [0.1, 0.15) is 0 Å². The first kappa shape index (κ1) is 13.7. The molecule has 0 atom stereocenters. The number of ether oxygens (including phenoxy) is 1. The minimum atomic E-state index is -0.803. The first-order valence-electron chi connectivity index (χ1n) is 5.28. The summed E-state index contributed by atoms with van der Waals surface area (Å²) in [5.41, 5.74) is 0. The lowest BCUT2D eigenvalue weighted by Gasteiger charge is -2.00. The summed E-state index contributed by atoms with van der Waals surface area (Å²) in [5.74, 6) is 9.79. The van der Waals surface area contributed by atoms with Crippen LogP contribution < -0.4 is 5.82 Å². The molecule has 5 heteroatoms. The van der Waals surface area contributed by atoms with Crippen LogP contribution in [-0.4, -0.2) is 5.97 Å². The molecule has 5 nitrogen and oxygen atoms in total. The lowest BCUT2D eigenvalue weighted by molar-refractivity contribution is -0.145. The lowest BCUT2D eigenvalue weighted by atomic mass is 10.3. The van der Waals surface area contributed by atoms with Gasteiger partial charge in [-0.15, -0.1) is 0 Å². The first-order valence-corrected chi connectivity index (χ1v) is 5.28. The number of carbonyl (C=O) groups is 1. The Labute approximate surface area is 104 Å². The van der Waals surface area contributed by atoms with E-state index in [1.165, 1.54) is 0 Å². The molecule has 94 valence electrons. The first-order chi connectivity index (χ1) is 8.63. The van der Waals surface area contributed by atoms with E-state index in [9.17, 15) is 9.59 Å². The van der Waals surface area contributed by atoms with Gasteiger partial charge in [0.15, 0.2) is 18.1 Å². The molecular weight excluding hydrogens is 236 g/mol. The zero-order valence-electron chi connectivity index (χ0n) is 10.2. The minimum absolute atomic E-state index is 0.112. The van der Waals surface area contributed by atoms with Crippen LogP contribution in [0.1, 0.15) is 31.3 Å². The zero-order valence-corrected chi connectivity index (χ0v) is 10.2. The van der Waals surface area contributed by atoms with Crippen molar-refractivity contribution in [1.29, 1.82) is 0 Å². The van der Waals surface area contributed by atoms with Crippen LogP contribution in [0.2, 0.25) is 0 Å². The topological polar surface area (TPSA) is 69.7 Å². The molecule has 0 aliphatic heterocycles. The van der Waals surface area contributed by atoms with Gasteiger partial charge in [-0.2, -0.15) is 0 Å². The van der Waals surface area contributed by atoms with E-state index >= 15 is 0 Å². The fraction of sp³-hybridized carbons (Fsp3) is 0.385. The van der Waals surface area contributed by atoms with Gasteiger partial charge >= 0.3 is 11.8 Å². The maximum Gasteiger partial charge on any atom is 0.519 e. The van der Waals surface area contributed by atoms with Crippen molar-refractivity contribution in [2.75, 3.05) is 0 Å². The number of hydrogen-bond donors (Lipinski definition) is 0. The second-order valence-electron chi connectivity index (χ2n) is 3.27. The van der Waals surface area contributed by atoms with Crippen LogP contribution >= 0.6 is 0 Å². The molecule has 18 heavy (non-hydrogen) atoms. The van der Waals surface area contributed by atoms with Crippen LogP contribution in [0.4, 0.5) is 0 Å². The number of rotatable bonds is 4. The Hall–Kier alpha value is -2.40. The molecule has 0 bridgehead atoms. The molecule has 0 unspecified atom stereocenters. The quantitative estimate of drug-likeness (QED) is 0.595. The van der Waals surface area contributed by atoms with Gasteiger partial charge in [0.25, 0.3) is 0 Å². The summed E-state index contributed by atoms with van der Waals surface area (Å²) in [6.07, 6.45) is 0.543. The largest absolute Gasteiger partial charge is 0.519 e. The summed E-state index contributed by atoms with van der Waals surface area (Å²) >= 11 is 0. The Morgan fingerprint density at radius 2 is 2.11 bits per heavy atom. The molecule has 1 aromatic rings. The van der Waals surface area contributed by atoms with Crippen LogP contribution in [0, 0.1) is 30.6 Å². The molecule has 0 spiro atoms. The average Bonchev–Trinajstić information content (AvgIpc) is 2.65. The summed E-state index contributed by atoms with van der Waals surface area (Å²) in [6, 6.07) is 0. The third-order valence-electron chi connectivity index (χ3n) is 1.93. The molecule has 0 saturated heterocycles. The van der Waals surface area contributed by atoms with Gasteiger partial charge in [-0.1, -0.05) is 11.8 Å². The van der Waals surface area contributed by atoms with Gasteiger partial charge in [0.2, 0.25) is 0 Å². The molecule has 0 N–H and O–H groups in total. The normalized spacial score (nSPS) is 8.78. The van der Waals surface area contributed by atoms with E-state index in [1.807, 2.05) is 0 Å². The highest BCUT2D eigenvalue weighted by Crippen LogP contribution is 2.07. The molecule has 0 aromatic carbocycles. The highest BCUT2D eigenvalue weighted by atomic mass is 16.6. The maximum atomic E-state index is 11.3. The highest BCUT2D eigenvalue weighted by Gasteiger charge is 2.10. The summed E-state index contributed by atoms with van der Waals surface area (Å²) in [4.78, 5) is 22.0. The standard InChI is InChI=1S/C13H12O5/c1-3-4-5-6-7-8-12(14)16-9-11-10(2)17-13(15)18-11/h7-9H2,1-2H3. The highest BCUT2D eigenvalue weighted by molar-refractivity contribution is 5.69. The van der Waals surface area contributed by atoms with Crippen molar-refractivity contribution in [3.63, 3.8) is 0 Å². The van der Waals surface area contributed by atoms with E-state index in [0.717, 1.165) is 0 Å². The van der Waals surface area contributed by atoms with E-state index in [4.69, 9.17) is 4.74 Å². The molecule has 0 saturated carbocycles. The Bertz CT molecular complexity index is 583. The smallest absolute Gasteiger partial charge is 0.457 e. The molecular formula is C13H12O5. The van der Waals surface area contributed by atoms with Crippen molar-refractivity contribution in [2.24, 2.45) is 0 Å². The third kappa shape index (κ3) is 4.63. The number of esters is 1. The van der Waals surface area contributed by atoms with E-state index in [2.05, 4.69) is 32.5 Å². The summed E-state index contributed by atoms with van der Waals surface area (Å²) in [6.45, 7) is 3.13. The van der Waals surface area contributed by atoms with Crippen LogP contribution in [0.15, 0.2) is 13.6 Å². The number of carbonyl (C=O) groups excluding carboxylic acids is 1. The Morgan fingerprint density at radius 1 is 1.33 bits per heavy atom. The van der Waals surface area contributed by atoms with Crippen LogP contribution in [0.3, 0.4) is 0 Å². The third-order valence-corrected chi connectivity index (χ3v) is 1.93. The minimum Gasteiger partial charge on any atom is -0.457 e. The SMILES string of the molecule is CC#CC#CCCC(=O)OCc1oc(=O)oc1C. The van der Waals surface area contributed by atoms with Crippen molar-refractivity contribution < 1.29 is 18.4 Å². The van der Waals surface area contributed by atoms with Crippen molar-refractivity contribution in [3.8, 4) is 23.7 Å². The molecule has 0 fully saturated rings. The van der Waals surface area contributed by atoms with E-state index in [1.54, 1.807) is 13.8 Å². The summed E-state index contributed by atoms with van der Waals surface area (Å²) in [5, 5.41) is 0. The number of hydrogen-bond acceptors (Lipinski definition) is 5. The maximum absolute atomic E-state index is 11.3. The molecule has 0 amide bonds. The predicted molar refractivity (Wildman–Crippen MR) is 62.2 cm³/mol. The van der Waals surface area contributed by atoms with Crippen molar-refractivity contribution in [3.05, 3.63) is 22.1 Å². The molecule has 1 rings (SSSR count). The second kappa shape index (κ2) is 7.03. The van der Waals surface area contributed by atoms with Gasteiger partial charge < -0.3 is 13.6 Å². The van der Waals surface area contributed by atoms with Gasteiger partial charge in [-0.25, -0.2) is 4.79 Å². The fourth-order valence-corrected chi connectivity index (χ4v) is 1.06. The van der Waals surface area contributed by atoms with Crippen LogP contribution in [-0.2, 0) is 16.1 Å². The van der Waals surface area contributed by atoms with Crippen LogP contribution in [0.5, 0.6) is 0 Å². The van der Waals surface area contributed by atoms with E-state index in [0.29, 0.717) is 12.2 Å². The molecule has 1 heterocycles.